The van der Waals surface area contributed by atoms with Gasteiger partial charge in [0.2, 0.25) is 10.0 Å². The van der Waals surface area contributed by atoms with E-state index in [-0.39, 0.29) is 10.6 Å². The summed E-state index contributed by atoms with van der Waals surface area (Å²) in [5, 5.41) is 0. The van der Waals surface area contributed by atoms with Crippen molar-refractivity contribution in [3.63, 3.8) is 0 Å². The van der Waals surface area contributed by atoms with E-state index in [1.165, 1.54) is 6.07 Å². The fraction of sp³-hybridized carbons (Fsp3) is 0.308. The summed E-state index contributed by atoms with van der Waals surface area (Å²) in [6.45, 7) is 2.94. The van der Waals surface area contributed by atoms with Crippen LogP contribution in [0.25, 0.3) is 0 Å². The topological polar surface area (TPSA) is 90.0 Å². The third-order valence-electron chi connectivity index (χ3n) is 2.90. The van der Waals surface area contributed by atoms with Crippen molar-refractivity contribution in [3.8, 4) is 0 Å². The first-order valence-electron chi connectivity index (χ1n) is 6.30. The zero-order valence-electron chi connectivity index (χ0n) is 11.3. The van der Waals surface area contributed by atoms with Crippen molar-refractivity contribution in [2.45, 2.75) is 24.8 Å². The van der Waals surface area contributed by atoms with E-state index in [9.17, 15) is 8.42 Å². The third-order valence-corrected chi connectivity index (χ3v) is 4.43. The number of hydrogen-bond donors (Lipinski definition) is 2. The van der Waals surface area contributed by atoms with Crippen LogP contribution in [-0.4, -0.2) is 24.5 Å². The average Bonchev–Trinajstić information content (AvgIpc) is 2.87. The summed E-state index contributed by atoms with van der Waals surface area (Å²) < 4.78 is 28.7. The Bertz CT molecular complexity index is 666. The molecule has 0 aliphatic carbocycles. The number of nitrogens with two attached hydrogens (primary N) is 1. The highest BCUT2D eigenvalue weighted by atomic mass is 32.2. The standard InChI is InChI=1S/C13H18N4O2S/c1-11-3-4-13(12(14)9-11)20(18,19)16-5-2-7-17-8-6-15-10-17/h3-4,6,8-10,16H,2,5,7,14H2,1H3. The van der Waals surface area contributed by atoms with E-state index in [2.05, 4.69) is 9.71 Å². The fourth-order valence-corrected chi connectivity index (χ4v) is 3.06. The first-order chi connectivity index (χ1) is 9.49. The van der Waals surface area contributed by atoms with E-state index < -0.39 is 10.0 Å². The number of nitrogen functional groups attached to an aromatic ring is 1. The van der Waals surface area contributed by atoms with Gasteiger partial charge in [0.05, 0.1) is 12.0 Å². The molecule has 0 bridgehead atoms. The highest BCUT2D eigenvalue weighted by Crippen LogP contribution is 2.19. The highest BCUT2D eigenvalue weighted by molar-refractivity contribution is 7.89. The van der Waals surface area contributed by atoms with E-state index in [1.807, 2.05) is 17.7 Å². The Morgan fingerprint density at radius 1 is 1.40 bits per heavy atom. The Labute approximate surface area is 118 Å². The van der Waals surface area contributed by atoms with Gasteiger partial charge in [0.25, 0.3) is 0 Å². The Balaban J connectivity index is 1.93. The Morgan fingerprint density at radius 2 is 2.20 bits per heavy atom. The number of rotatable bonds is 6. The lowest BCUT2D eigenvalue weighted by molar-refractivity contribution is 0.570. The van der Waals surface area contributed by atoms with Crippen LogP contribution in [0.3, 0.4) is 0 Å². The van der Waals surface area contributed by atoms with Crippen LogP contribution in [0, 0.1) is 6.92 Å². The van der Waals surface area contributed by atoms with Gasteiger partial charge >= 0.3 is 0 Å². The van der Waals surface area contributed by atoms with Gasteiger partial charge in [-0.3, -0.25) is 0 Å². The lowest BCUT2D eigenvalue weighted by Gasteiger charge is -2.09. The number of imidazole rings is 1. The average molecular weight is 294 g/mol. The summed E-state index contributed by atoms with van der Waals surface area (Å²) in [4.78, 5) is 4.06. The van der Waals surface area contributed by atoms with E-state index in [4.69, 9.17) is 5.73 Å². The van der Waals surface area contributed by atoms with Crippen LogP contribution in [0.5, 0.6) is 0 Å². The summed E-state index contributed by atoms with van der Waals surface area (Å²) in [6.07, 6.45) is 5.91. The maximum Gasteiger partial charge on any atom is 0.242 e. The van der Waals surface area contributed by atoms with Gasteiger partial charge in [-0.2, -0.15) is 0 Å². The van der Waals surface area contributed by atoms with Gasteiger partial charge in [-0.05, 0) is 31.0 Å². The second kappa shape index (κ2) is 6.06. The molecule has 6 nitrogen and oxygen atoms in total. The Hall–Kier alpha value is -1.86. The number of aromatic nitrogens is 2. The van der Waals surface area contributed by atoms with Crippen LogP contribution in [0.1, 0.15) is 12.0 Å². The molecule has 0 aliphatic heterocycles. The largest absolute Gasteiger partial charge is 0.398 e. The van der Waals surface area contributed by atoms with Crippen molar-refractivity contribution in [2.75, 3.05) is 12.3 Å². The molecule has 0 fully saturated rings. The molecule has 2 rings (SSSR count). The monoisotopic (exact) mass is 294 g/mol. The molecule has 7 heteroatoms. The molecule has 0 spiro atoms. The number of nitrogens with one attached hydrogen (secondary N) is 1. The van der Waals surface area contributed by atoms with Crippen LogP contribution < -0.4 is 10.5 Å². The summed E-state index contributed by atoms with van der Waals surface area (Å²) in [5.74, 6) is 0. The lowest BCUT2D eigenvalue weighted by atomic mass is 10.2. The molecule has 0 atom stereocenters. The second-order valence-corrected chi connectivity index (χ2v) is 6.33. The van der Waals surface area contributed by atoms with Crippen molar-refractivity contribution in [1.29, 1.82) is 0 Å². The summed E-state index contributed by atoms with van der Waals surface area (Å²) in [7, 11) is -3.55. The van der Waals surface area contributed by atoms with Crippen LogP contribution in [-0.2, 0) is 16.6 Å². The molecule has 108 valence electrons. The van der Waals surface area contributed by atoms with Gasteiger partial charge < -0.3 is 10.3 Å². The highest BCUT2D eigenvalue weighted by Gasteiger charge is 2.16. The predicted molar refractivity (Wildman–Crippen MR) is 77.6 cm³/mol. The number of anilines is 1. The molecule has 3 N–H and O–H groups in total. The summed E-state index contributed by atoms with van der Waals surface area (Å²) >= 11 is 0. The molecule has 1 aromatic carbocycles. The zero-order chi connectivity index (χ0) is 14.6. The molecule has 0 aliphatic rings. The minimum absolute atomic E-state index is 0.130. The van der Waals surface area contributed by atoms with Gasteiger partial charge in [-0.25, -0.2) is 18.1 Å². The van der Waals surface area contributed by atoms with Crippen LogP contribution >= 0.6 is 0 Å². The van der Waals surface area contributed by atoms with Crippen LogP contribution in [0.15, 0.2) is 41.8 Å². The van der Waals surface area contributed by atoms with Crippen molar-refractivity contribution in [2.24, 2.45) is 0 Å². The first kappa shape index (κ1) is 14.5. The normalized spacial score (nSPS) is 11.7. The van der Waals surface area contributed by atoms with E-state index in [0.717, 1.165) is 5.56 Å². The van der Waals surface area contributed by atoms with Gasteiger partial charge in [-0.15, -0.1) is 0 Å². The van der Waals surface area contributed by atoms with Gasteiger partial charge in [0, 0.05) is 25.5 Å². The molecule has 0 amide bonds. The fourth-order valence-electron chi connectivity index (χ4n) is 1.88. The molecule has 0 saturated carbocycles. The van der Waals surface area contributed by atoms with Gasteiger partial charge in [0.15, 0.2) is 0 Å². The molecule has 1 aromatic heterocycles. The summed E-state index contributed by atoms with van der Waals surface area (Å²) in [5.41, 5.74) is 6.96. The molecular formula is C13H18N4O2S. The lowest BCUT2D eigenvalue weighted by Crippen LogP contribution is -2.26. The third kappa shape index (κ3) is 3.58. The molecule has 20 heavy (non-hydrogen) atoms. The maximum absolute atomic E-state index is 12.1. The van der Waals surface area contributed by atoms with Crippen molar-refractivity contribution in [1.82, 2.24) is 14.3 Å². The maximum atomic E-state index is 12.1. The van der Waals surface area contributed by atoms with Crippen LogP contribution in [0.4, 0.5) is 5.69 Å². The van der Waals surface area contributed by atoms with Gasteiger partial charge in [0.1, 0.15) is 4.90 Å². The smallest absolute Gasteiger partial charge is 0.242 e. The Morgan fingerprint density at radius 3 is 2.85 bits per heavy atom. The van der Waals surface area contributed by atoms with E-state index >= 15 is 0 Å². The second-order valence-electron chi connectivity index (χ2n) is 4.59. The Kier molecular flexibility index (Phi) is 4.41. The minimum Gasteiger partial charge on any atom is -0.398 e. The molecule has 0 radical (unpaired) electrons. The SMILES string of the molecule is Cc1ccc(S(=O)(=O)NCCCn2ccnc2)c(N)c1. The molecular weight excluding hydrogens is 276 g/mol. The van der Waals surface area contributed by atoms with Gasteiger partial charge in [-0.1, -0.05) is 6.07 Å². The summed E-state index contributed by atoms with van der Waals surface area (Å²) in [6, 6.07) is 4.92. The van der Waals surface area contributed by atoms with Crippen molar-refractivity contribution >= 4 is 15.7 Å². The van der Waals surface area contributed by atoms with E-state index in [1.54, 1.807) is 24.7 Å². The molecule has 1 heterocycles. The quantitative estimate of drug-likeness (QED) is 0.617. The number of nitrogens with zero attached hydrogens (tertiary/aromatic N) is 2. The molecule has 2 aromatic rings. The number of aryl methyl sites for hydroxylation is 2. The number of benzene rings is 1. The first-order valence-corrected chi connectivity index (χ1v) is 7.79. The van der Waals surface area contributed by atoms with Crippen molar-refractivity contribution < 1.29 is 8.42 Å². The zero-order valence-corrected chi connectivity index (χ0v) is 12.1. The van der Waals surface area contributed by atoms with E-state index in [0.29, 0.717) is 19.5 Å². The predicted octanol–water partition coefficient (Wildman–Crippen LogP) is 1.14. The number of hydrogen-bond acceptors (Lipinski definition) is 4. The molecule has 0 saturated heterocycles. The number of sulfonamides is 1. The molecule has 0 unspecified atom stereocenters. The van der Waals surface area contributed by atoms with Crippen LogP contribution in [0.2, 0.25) is 0 Å². The minimum atomic E-state index is -3.55. The van der Waals surface area contributed by atoms with Crippen molar-refractivity contribution in [3.05, 3.63) is 42.5 Å².